The summed E-state index contributed by atoms with van der Waals surface area (Å²) in [5.74, 6) is 1.36. The van der Waals surface area contributed by atoms with Gasteiger partial charge < -0.3 is 9.47 Å². The number of ether oxygens (including phenoxy) is 2. The Bertz CT molecular complexity index is 812. The summed E-state index contributed by atoms with van der Waals surface area (Å²) in [6.07, 6.45) is 2.60. The quantitative estimate of drug-likeness (QED) is 0.626. The van der Waals surface area contributed by atoms with Gasteiger partial charge in [-0.2, -0.15) is 0 Å². The fourth-order valence-electron chi connectivity index (χ4n) is 2.26. The number of carbonyl (C=O) groups is 1. The second-order valence-electron chi connectivity index (χ2n) is 5.20. The summed E-state index contributed by atoms with van der Waals surface area (Å²) in [7, 11) is 1.64. The molecule has 0 saturated heterocycles. The highest BCUT2D eigenvalue weighted by atomic mass is 16.5. The van der Waals surface area contributed by atoms with Crippen LogP contribution in [-0.4, -0.2) is 28.4 Å². The number of aldehydes is 1. The predicted molar refractivity (Wildman–Crippen MR) is 88.3 cm³/mol. The molecule has 0 atom stereocenters. The molecule has 122 valence electrons. The molecule has 0 saturated carbocycles. The van der Waals surface area contributed by atoms with E-state index in [1.54, 1.807) is 30.0 Å². The Labute approximate surface area is 139 Å². The molecule has 3 rings (SSSR count). The van der Waals surface area contributed by atoms with E-state index in [2.05, 4.69) is 10.3 Å². The molecule has 2 aromatic carbocycles. The van der Waals surface area contributed by atoms with Crippen LogP contribution in [0.5, 0.6) is 11.5 Å². The molecular weight excluding hydrogens is 306 g/mol. The van der Waals surface area contributed by atoms with Gasteiger partial charge in [-0.25, -0.2) is 4.68 Å². The minimum Gasteiger partial charge on any atom is -0.497 e. The highest BCUT2D eigenvalue weighted by Crippen LogP contribution is 2.17. The maximum atomic E-state index is 11.0. The van der Waals surface area contributed by atoms with Crippen molar-refractivity contribution in [2.75, 3.05) is 7.11 Å². The lowest BCUT2D eigenvalue weighted by Crippen LogP contribution is -2.00. The van der Waals surface area contributed by atoms with E-state index in [4.69, 9.17) is 9.47 Å². The van der Waals surface area contributed by atoms with Gasteiger partial charge >= 0.3 is 0 Å². The topological polar surface area (TPSA) is 66.2 Å². The van der Waals surface area contributed by atoms with Crippen molar-refractivity contribution in [1.82, 2.24) is 15.0 Å². The fraction of sp³-hybridized carbons (Fsp3) is 0.167. The molecule has 1 heterocycles. The number of carbonyl (C=O) groups excluding carboxylic acids is 1. The number of nitrogens with zero attached hydrogens (tertiary/aromatic N) is 3. The largest absolute Gasteiger partial charge is 0.497 e. The standard InChI is InChI=1S/C18H17N3O3/c1-23-17-8-6-14(7-9-17)10-21-11-16(19-20-21)13-24-18-5-3-2-4-15(18)12-22/h2-9,11-12H,10,13H2,1H3. The van der Waals surface area contributed by atoms with Crippen molar-refractivity contribution >= 4 is 6.29 Å². The summed E-state index contributed by atoms with van der Waals surface area (Å²) in [4.78, 5) is 11.0. The molecule has 3 aromatic rings. The van der Waals surface area contributed by atoms with Gasteiger partial charge in [-0.15, -0.1) is 5.10 Å². The predicted octanol–water partition coefficient (Wildman–Crippen LogP) is 2.73. The van der Waals surface area contributed by atoms with Crippen molar-refractivity contribution in [3.05, 3.63) is 71.5 Å². The monoisotopic (exact) mass is 323 g/mol. The van der Waals surface area contributed by atoms with Crippen molar-refractivity contribution in [2.45, 2.75) is 13.2 Å². The molecule has 6 heteroatoms. The first-order valence-corrected chi connectivity index (χ1v) is 7.47. The Morgan fingerprint density at radius 1 is 1.12 bits per heavy atom. The van der Waals surface area contributed by atoms with Crippen LogP contribution >= 0.6 is 0 Å². The Balaban J connectivity index is 1.61. The highest BCUT2D eigenvalue weighted by Gasteiger charge is 2.06. The Morgan fingerprint density at radius 2 is 1.92 bits per heavy atom. The number of para-hydroxylation sites is 1. The maximum absolute atomic E-state index is 11.0. The molecular formula is C18H17N3O3. The van der Waals surface area contributed by atoms with Gasteiger partial charge in [0.1, 0.15) is 23.8 Å². The van der Waals surface area contributed by atoms with Gasteiger partial charge in [0.15, 0.2) is 6.29 Å². The summed E-state index contributed by atoms with van der Waals surface area (Å²) in [6, 6.07) is 14.9. The lowest BCUT2D eigenvalue weighted by Gasteiger charge is -2.05. The van der Waals surface area contributed by atoms with E-state index in [0.717, 1.165) is 17.6 Å². The second-order valence-corrected chi connectivity index (χ2v) is 5.20. The third-order valence-corrected chi connectivity index (χ3v) is 3.51. The van der Waals surface area contributed by atoms with Crippen molar-refractivity contribution in [2.24, 2.45) is 0 Å². The number of benzene rings is 2. The molecule has 6 nitrogen and oxygen atoms in total. The normalized spacial score (nSPS) is 10.4. The van der Waals surface area contributed by atoms with Gasteiger partial charge in [0.25, 0.3) is 0 Å². The Kier molecular flexibility index (Phi) is 4.86. The lowest BCUT2D eigenvalue weighted by molar-refractivity contribution is 0.111. The van der Waals surface area contributed by atoms with E-state index >= 15 is 0 Å². The Hall–Kier alpha value is -3.15. The van der Waals surface area contributed by atoms with E-state index in [0.29, 0.717) is 23.6 Å². The van der Waals surface area contributed by atoms with Crippen LogP contribution in [0, 0.1) is 0 Å². The van der Waals surface area contributed by atoms with Crippen molar-refractivity contribution in [3.63, 3.8) is 0 Å². The van der Waals surface area contributed by atoms with E-state index in [1.165, 1.54) is 0 Å². The molecule has 1 aromatic heterocycles. The number of hydrogen-bond acceptors (Lipinski definition) is 5. The van der Waals surface area contributed by atoms with Crippen molar-refractivity contribution < 1.29 is 14.3 Å². The maximum Gasteiger partial charge on any atom is 0.153 e. The van der Waals surface area contributed by atoms with E-state index < -0.39 is 0 Å². The van der Waals surface area contributed by atoms with Gasteiger partial charge in [-0.3, -0.25) is 4.79 Å². The molecule has 0 fully saturated rings. The summed E-state index contributed by atoms with van der Waals surface area (Å²) in [5.41, 5.74) is 2.31. The SMILES string of the molecule is COc1ccc(Cn2cc(COc3ccccc3C=O)nn2)cc1. The number of aromatic nitrogens is 3. The summed E-state index contributed by atoms with van der Waals surface area (Å²) in [5, 5.41) is 8.19. The summed E-state index contributed by atoms with van der Waals surface area (Å²) in [6.45, 7) is 0.870. The number of methoxy groups -OCH3 is 1. The smallest absolute Gasteiger partial charge is 0.153 e. The molecule has 0 unspecified atom stereocenters. The first-order valence-electron chi connectivity index (χ1n) is 7.47. The highest BCUT2D eigenvalue weighted by molar-refractivity contribution is 5.79. The molecule has 0 radical (unpaired) electrons. The summed E-state index contributed by atoms with van der Waals surface area (Å²) < 4.78 is 12.5. The molecule has 0 aliphatic heterocycles. The van der Waals surface area contributed by atoms with Crippen molar-refractivity contribution in [3.8, 4) is 11.5 Å². The van der Waals surface area contributed by atoms with Gasteiger partial charge in [-0.1, -0.05) is 29.5 Å². The summed E-state index contributed by atoms with van der Waals surface area (Å²) >= 11 is 0. The van der Waals surface area contributed by atoms with Gasteiger partial charge in [0.2, 0.25) is 0 Å². The van der Waals surface area contributed by atoms with Gasteiger partial charge in [-0.05, 0) is 29.8 Å². The molecule has 0 aliphatic carbocycles. The van der Waals surface area contributed by atoms with Gasteiger partial charge in [0, 0.05) is 0 Å². The average molecular weight is 323 g/mol. The first-order chi connectivity index (χ1) is 11.8. The molecule has 0 aliphatic rings. The van der Waals surface area contributed by atoms with E-state index in [-0.39, 0.29) is 6.61 Å². The zero-order chi connectivity index (χ0) is 16.8. The molecule has 0 bridgehead atoms. The second kappa shape index (κ2) is 7.41. The minimum atomic E-state index is 0.257. The van der Waals surface area contributed by atoms with Crippen LogP contribution in [0.25, 0.3) is 0 Å². The Morgan fingerprint density at radius 3 is 2.67 bits per heavy atom. The molecule has 0 amide bonds. The van der Waals surface area contributed by atoms with Crippen LogP contribution in [0.1, 0.15) is 21.6 Å². The molecule has 24 heavy (non-hydrogen) atoms. The van der Waals surface area contributed by atoms with Crippen LogP contribution in [-0.2, 0) is 13.2 Å². The van der Waals surface area contributed by atoms with Crippen LogP contribution in [0.4, 0.5) is 0 Å². The zero-order valence-electron chi connectivity index (χ0n) is 13.3. The van der Waals surface area contributed by atoms with Gasteiger partial charge in [0.05, 0.1) is 25.4 Å². The molecule has 0 N–H and O–H groups in total. The average Bonchev–Trinajstić information content (AvgIpc) is 3.08. The van der Waals surface area contributed by atoms with E-state index in [9.17, 15) is 4.79 Å². The lowest BCUT2D eigenvalue weighted by atomic mass is 10.2. The number of hydrogen-bond donors (Lipinski definition) is 0. The fourth-order valence-corrected chi connectivity index (χ4v) is 2.26. The van der Waals surface area contributed by atoms with Crippen molar-refractivity contribution in [1.29, 1.82) is 0 Å². The zero-order valence-corrected chi connectivity index (χ0v) is 13.3. The van der Waals surface area contributed by atoms with Crippen LogP contribution in [0.2, 0.25) is 0 Å². The van der Waals surface area contributed by atoms with Crippen LogP contribution in [0.15, 0.2) is 54.7 Å². The van der Waals surface area contributed by atoms with Crippen LogP contribution in [0.3, 0.4) is 0 Å². The third kappa shape index (κ3) is 3.78. The number of rotatable bonds is 7. The third-order valence-electron chi connectivity index (χ3n) is 3.51. The minimum absolute atomic E-state index is 0.257. The first kappa shape index (κ1) is 15.7. The van der Waals surface area contributed by atoms with E-state index in [1.807, 2.05) is 36.5 Å². The van der Waals surface area contributed by atoms with Crippen LogP contribution < -0.4 is 9.47 Å². The molecule has 0 spiro atoms.